The lowest BCUT2D eigenvalue weighted by Crippen LogP contribution is -2.24. The molecule has 1 aromatic heterocycles. The fourth-order valence-electron chi connectivity index (χ4n) is 2.12. The third kappa shape index (κ3) is 3.35. The number of hydrogen-bond acceptors (Lipinski definition) is 3. The maximum Gasteiger partial charge on any atom is 0.276 e. The van der Waals surface area contributed by atoms with E-state index >= 15 is 0 Å². The number of nitrogens with zero attached hydrogens (tertiary/aromatic N) is 2. The number of carbonyl (C=O) groups is 1. The molecule has 3 rings (SSSR count). The van der Waals surface area contributed by atoms with Gasteiger partial charge in [-0.15, -0.1) is 0 Å². The Morgan fingerprint density at radius 3 is 2.35 bits per heavy atom. The van der Waals surface area contributed by atoms with Crippen LogP contribution in [-0.4, -0.2) is 15.7 Å². The predicted molar refractivity (Wildman–Crippen MR) is 89.0 cm³/mol. The fourth-order valence-corrected chi connectivity index (χ4v) is 2.12. The topological polar surface area (TPSA) is 64.0 Å². The Balaban J connectivity index is 1.90. The van der Waals surface area contributed by atoms with Crippen molar-refractivity contribution >= 4 is 11.6 Å². The summed E-state index contributed by atoms with van der Waals surface area (Å²) >= 11 is 0. The molecule has 5 nitrogen and oxygen atoms in total. The maximum absolute atomic E-state index is 12.3. The molecule has 114 valence electrons. The average Bonchev–Trinajstić information content (AvgIpc) is 2.58. The van der Waals surface area contributed by atoms with Crippen molar-refractivity contribution in [2.24, 2.45) is 0 Å². The summed E-state index contributed by atoms with van der Waals surface area (Å²) in [5, 5.41) is 6.92. The third-order valence-corrected chi connectivity index (χ3v) is 3.34. The maximum atomic E-state index is 12.3. The molecule has 2 aromatic carbocycles. The van der Waals surface area contributed by atoms with Gasteiger partial charge in [-0.25, -0.2) is 0 Å². The van der Waals surface area contributed by atoms with Crippen LogP contribution in [0.5, 0.6) is 0 Å². The molecule has 0 aliphatic rings. The van der Waals surface area contributed by atoms with Gasteiger partial charge < -0.3 is 5.32 Å². The van der Waals surface area contributed by atoms with Gasteiger partial charge >= 0.3 is 0 Å². The Labute approximate surface area is 133 Å². The highest BCUT2D eigenvalue weighted by molar-refractivity contribution is 6.02. The summed E-state index contributed by atoms with van der Waals surface area (Å²) in [5.41, 5.74) is 2.29. The minimum atomic E-state index is -0.362. The molecule has 0 spiro atoms. The molecule has 0 aliphatic heterocycles. The Bertz CT molecular complexity index is 884. The van der Waals surface area contributed by atoms with Crippen molar-refractivity contribution in [2.75, 3.05) is 5.32 Å². The summed E-state index contributed by atoms with van der Waals surface area (Å²) in [7, 11) is 0. The second-order valence-corrected chi connectivity index (χ2v) is 5.12. The van der Waals surface area contributed by atoms with Crippen LogP contribution in [0, 0.1) is 6.92 Å². The molecule has 0 bridgehead atoms. The van der Waals surface area contributed by atoms with Gasteiger partial charge in [0.25, 0.3) is 11.5 Å². The minimum Gasteiger partial charge on any atom is -0.321 e. The first-order valence-corrected chi connectivity index (χ1v) is 7.17. The number of para-hydroxylation sites is 1. The lowest BCUT2D eigenvalue weighted by atomic mass is 10.2. The van der Waals surface area contributed by atoms with Gasteiger partial charge in [0.2, 0.25) is 0 Å². The highest BCUT2D eigenvalue weighted by Crippen LogP contribution is 2.10. The van der Waals surface area contributed by atoms with E-state index in [0.29, 0.717) is 11.4 Å². The van der Waals surface area contributed by atoms with Gasteiger partial charge in [0.05, 0.1) is 5.69 Å². The molecule has 0 aliphatic carbocycles. The van der Waals surface area contributed by atoms with E-state index in [1.165, 1.54) is 16.8 Å². The highest BCUT2D eigenvalue weighted by atomic mass is 16.2. The highest BCUT2D eigenvalue weighted by Gasteiger charge is 2.10. The van der Waals surface area contributed by atoms with Crippen molar-refractivity contribution in [1.82, 2.24) is 9.78 Å². The second kappa shape index (κ2) is 6.27. The van der Waals surface area contributed by atoms with Crippen LogP contribution in [0.2, 0.25) is 0 Å². The molecule has 0 saturated heterocycles. The van der Waals surface area contributed by atoms with Crippen LogP contribution in [0.3, 0.4) is 0 Å². The van der Waals surface area contributed by atoms with E-state index in [1.54, 1.807) is 12.1 Å². The Kier molecular flexibility index (Phi) is 4.01. The first-order valence-electron chi connectivity index (χ1n) is 7.17. The standard InChI is InChI=1S/C18H15N3O2/c1-13-7-9-14(10-8-13)19-18(23)16-11-12-17(22)21(20-16)15-5-3-2-4-6-15/h2-12H,1H3,(H,19,23). The minimum absolute atomic E-state index is 0.175. The van der Waals surface area contributed by atoms with Gasteiger partial charge in [0.1, 0.15) is 5.69 Å². The molecule has 5 heteroatoms. The zero-order valence-corrected chi connectivity index (χ0v) is 12.6. The SMILES string of the molecule is Cc1ccc(NC(=O)c2ccc(=O)n(-c3ccccc3)n2)cc1. The molecule has 1 N–H and O–H groups in total. The number of hydrogen-bond donors (Lipinski definition) is 1. The fraction of sp³-hybridized carbons (Fsp3) is 0.0556. The van der Waals surface area contributed by atoms with E-state index in [1.807, 2.05) is 49.4 Å². The van der Waals surface area contributed by atoms with Crippen LogP contribution in [-0.2, 0) is 0 Å². The van der Waals surface area contributed by atoms with Gasteiger partial charge in [-0.2, -0.15) is 9.78 Å². The van der Waals surface area contributed by atoms with Gasteiger partial charge in [0.15, 0.2) is 0 Å². The summed E-state index contributed by atoms with van der Waals surface area (Å²) in [6.45, 7) is 1.98. The monoisotopic (exact) mass is 305 g/mol. The van der Waals surface area contributed by atoms with Crippen molar-refractivity contribution in [3.05, 3.63) is 88.3 Å². The number of aryl methyl sites for hydroxylation is 1. The molecule has 23 heavy (non-hydrogen) atoms. The molecule has 3 aromatic rings. The Morgan fingerprint density at radius 1 is 0.957 bits per heavy atom. The largest absolute Gasteiger partial charge is 0.321 e. The number of aromatic nitrogens is 2. The van der Waals surface area contributed by atoms with Crippen LogP contribution in [0.25, 0.3) is 5.69 Å². The van der Waals surface area contributed by atoms with E-state index in [0.717, 1.165) is 5.56 Å². The molecule has 0 radical (unpaired) electrons. The van der Waals surface area contributed by atoms with Crippen LogP contribution < -0.4 is 10.9 Å². The summed E-state index contributed by atoms with van der Waals surface area (Å²) in [6, 6.07) is 19.2. The van der Waals surface area contributed by atoms with E-state index < -0.39 is 0 Å². The molecule has 0 unspecified atom stereocenters. The Hall–Kier alpha value is -3.21. The van der Waals surface area contributed by atoms with Crippen LogP contribution >= 0.6 is 0 Å². The second-order valence-electron chi connectivity index (χ2n) is 5.12. The molecule has 0 fully saturated rings. The molecule has 0 atom stereocenters. The van der Waals surface area contributed by atoms with Crippen molar-refractivity contribution in [2.45, 2.75) is 6.92 Å². The first-order chi connectivity index (χ1) is 11.1. The van der Waals surface area contributed by atoms with Crippen molar-refractivity contribution in [1.29, 1.82) is 0 Å². The van der Waals surface area contributed by atoms with Crippen LogP contribution in [0.15, 0.2) is 71.5 Å². The lowest BCUT2D eigenvalue weighted by Gasteiger charge is -2.08. The number of carbonyl (C=O) groups excluding carboxylic acids is 1. The number of amides is 1. The van der Waals surface area contributed by atoms with Gasteiger partial charge in [0, 0.05) is 11.8 Å². The van der Waals surface area contributed by atoms with Gasteiger partial charge in [-0.1, -0.05) is 35.9 Å². The summed E-state index contributed by atoms with van der Waals surface area (Å²) < 4.78 is 1.21. The number of anilines is 1. The molecular weight excluding hydrogens is 290 g/mol. The van der Waals surface area contributed by atoms with Gasteiger partial charge in [-0.3, -0.25) is 9.59 Å². The van der Waals surface area contributed by atoms with Crippen molar-refractivity contribution < 1.29 is 4.79 Å². The van der Waals surface area contributed by atoms with E-state index in [4.69, 9.17) is 0 Å². The summed E-state index contributed by atoms with van der Waals surface area (Å²) in [5.74, 6) is -0.362. The number of benzene rings is 2. The molecule has 1 heterocycles. The van der Waals surface area contributed by atoms with Crippen LogP contribution in [0.4, 0.5) is 5.69 Å². The number of rotatable bonds is 3. The normalized spacial score (nSPS) is 10.3. The smallest absolute Gasteiger partial charge is 0.276 e. The van der Waals surface area contributed by atoms with E-state index in [9.17, 15) is 9.59 Å². The summed E-state index contributed by atoms with van der Waals surface area (Å²) in [4.78, 5) is 24.3. The summed E-state index contributed by atoms with van der Waals surface area (Å²) in [6.07, 6.45) is 0. The van der Waals surface area contributed by atoms with Crippen molar-refractivity contribution in [3.63, 3.8) is 0 Å². The lowest BCUT2D eigenvalue weighted by molar-refractivity contribution is 0.102. The third-order valence-electron chi connectivity index (χ3n) is 3.34. The Morgan fingerprint density at radius 2 is 1.65 bits per heavy atom. The zero-order chi connectivity index (χ0) is 16.2. The van der Waals surface area contributed by atoms with Gasteiger partial charge in [-0.05, 0) is 37.3 Å². The quantitative estimate of drug-likeness (QED) is 0.809. The molecule has 0 saturated carbocycles. The molecule has 1 amide bonds. The molecular formula is C18H15N3O2. The number of nitrogens with one attached hydrogen (secondary N) is 1. The first kappa shape index (κ1) is 14.7. The van der Waals surface area contributed by atoms with Crippen LogP contribution in [0.1, 0.15) is 16.1 Å². The van der Waals surface area contributed by atoms with E-state index in [2.05, 4.69) is 10.4 Å². The predicted octanol–water partition coefficient (Wildman–Crippen LogP) is 2.79. The average molecular weight is 305 g/mol. The zero-order valence-electron chi connectivity index (χ0n) is 12.6. The van der Waals surface area contributed by atoms with Crippen molar-refractivity contribution in [3.8, 4) is 5.69 Å². The van der Waals surface area contributed by atoms with E-state index in [-0.39, 0.29) is 17.2 Å².